The van der Waals surface area contributed by atoms with Crippen LogP contribution in [0.5, 0.6) is 0 Å². The van der Waals surface area contributed by atoms with Gasteiger partial charge in [0.05, 0.1) is 0 Å². The zero-order chi connectivity index (χ0) is 45.1. The minimum Gasteiger partial charge on any atom is -0.462 e. The summed E-state index contributed by atoms with van der Waals surface area (Å²) in [6.45, 7) is 6.53. The van der Waals surface area contributed by atoms with Gasteiger partial charge in [-0.2, -0.15) is 0 Å². The Bertz CT molecular complexity index is 1090. The first-order chi connectivity index (χ1) is 30.5. The summed E-state index contributed by atoms with van der Waals surface area (Å²) < 4.78 is 16.8. The van der Waals surface area contributed by atoms with Crippen LogP contribution in [0.3, 0.4) is 0 Å². The molecule has 0 aromatic carbocycles. The predicted molar refractivity (Wildman–Crippen MR) is 265 cm³/mol. The topological polar surface area (TPSA) is 78.9 Å². The first-order valence-electron chi connectivity index (χ1n) is 26.6. The summed E-state index contributed by atoms with van der Waals surface area (Å²) in [6, 6.07) is 0. The molecule has 0 N–H and O–H groups in total. The summed E-state index contributed by atoms with van der Waals surface area (Å²) in [5.41, 5.74) is 0. The fourth-order valence-corrected chi connectivity index (χ4v) is 7.61. The van der Waals surface area contributed by atoms with Gasteiger partial charge < -0.3 is 14.2 Å². The standard InChI is InChI=1S/C56H100O6/c1-4-7-10-13-16-19-22-25-26-27-28-29-30-32-34-37-40-43-46-49-55(58)61-52-53(51-60-54(57)48-45-42-39-36-33-24-21-18-15-12-9-6-3)62-56(59)50-47-44-41-38-35-31-23-20-17-14-11-8-5-2/h7,10,16,19,25-26,28-29,53H,4-6,8-9,11-15,17-18,20-24,27,30-52H2,1-3H3/b10-7-,19-16-,26-25-,29-28-. The van der Waals surface area contributed by atoms with Crippen LogP contribution >= 0.6 is 0 Å². The van der Waals surface area contributed by atoms with Crippen LogP contribution in [0.1, 0.15) is 271 Å². The minimum absolute atomic E-state index is 0.0738. The molecule has 0 aromatic rings. The van der Waals surface area contributed by atoms with Crippen molar-refractivity contribution in [2.75, 3.05) is 13.2 Å². The Balaban J connectivity index is 4.35. The first kappa shape index (κ1) is 59.4. The van der Waals surface area contributed by atoms with Crippen molar-refractivity contribution >= 4 is 17.9 Å². The van der Waals surface area contributed by atoms with Crippen molar-refractivity contribution in [1.82, 2.24) is 0 Å². The van der Waals surface area contributed by atoms with E-state index in [4.69, 9.17) is 14.2 Å². The van der Waals surface area contributed by atoms with Gasteiger partial charge in [0.1, 0.15) is 13.2 Å². The smallest absolute Gasteiger partial charge is 0.306 e. The van der Waals surface area contributed by atoms with E-state index >= 15 is 0 Å². The highest BCUT2D eigenvalue weighted by atomic mass is 16.6. The average molecular weight is 869 g/mol. The van der Waals surface area contributed by atoms with Crippen molar-refractivity contribution in [3.8, 4) is 0 Å². The maximum absolute atomic E-state index is 12.8. The highest BCUT2D eigenvalue weighted by Gasteiger charge is 2.19. The van der Waals surface area contributed by atoms with Crippen molar-refractivity contribution in [3.63, 3.8) is 0 Å². The van der Waals surface area contributed by atoms with Gasteiger partial charge in [-0.25, -0.2) is 0 Å². The van der Waals surface area contributed by atoms with Gasteiger partial charge in [-0.1, -0.05) is 243 Å². The number of carbonyl (C=O) groups is 3. The van der Waals surface area contributed by atoms with Gasteiger partial charge in [-0.05, 0) is 57.8 Å². The Morgan fingerprint density at radius 1 is 0.339 bits per heavy atom. The van der Waals surface area contributed by atoms with E-state index in [1.54, 1.807) is 0 Å². The van der Waals surface area contributed by atoms with Gasteiger partial charge in [0, 0.05) is 19.3 Å². The van der Waals surface area contributed by atoms with Gasteiger partial charge in [0.2, 0.25) is 0 Å². The van der Waals surface area contributed by atoms with Gasteiger partial charge in [0.25, 0.3) is 0 Å². The summed E-state index contributed by atoms with van der Waals surface area (Å²) >= 11 is 0. The maximum Gasteiger partial charge on any atom is 0.306 e. The first-order valence-corrected chi connectivity index (χ1v) is 26.6. The van der Waals surface area contributed by atoms with Crippen molar-refractivity contribution in [1.29, 1.82) is 0 Å². The second kappa shape index (κ2) is 51.0. The normalized spacial score (nSPS) is 12.4. The summed E-state index contributed by atoms with van der Waals surface area (Å²) in [6.07, 6.45) is 60.9. The van der Waals surface area contributed by atoms with Crippen LogP contribution < -0.4 is 0 Å². The van der Waals surface area contributed by atoms with Crippen LogP contribution in [0.25, 0.3) is 0 Å². The molecule has 0 fully saturated rings. The molecule has 1 unspecified atom stereocenters. The number of hydrogen-bond donors (Lipinski definition) is 0. The number of esters is 3. The fraction of sp³-hybridized carbons (Fsp3) is 0.804. The number of carbonyl (C=O) groups excluding carboxylic acids is 3. The van der Waals surface area contributed by atoms with E-state index in [0.717, 1.165) is 89.9 Å². The summed E-state index contributed by atoms with van der Waals surface area (Å²) in [5, 5.41) is 0. The summed E-state index contributed by atoms with van der Waals surface area (Å²) in [4.78, 5) is 38.0. The Morgan fingerprint density at radius 2 is 0.629 bits per heavy atom. The lowest BCUT2D eigenvalue weighted by Gasteiger charge is -2.18. The second-order valence-corrected chi connectivity index (χ2v) is 17.8. The number of rotatable bonds is 48. The van der Waals surface area contributed by atoms with Crippen LogP contribution in [0.2, 0.25) is 0 Å². The van der Waals surface area contributed by atoms with E-state index in [-0.39, 0.29) is 31.1 Å². The lowest BCUT2D eigenvalue weighted by Crippen LogP contribution is -2.30. The highest BCUT2D eigenvalue weighted by molar-refractivity contribution is 5.71. The molecule has 0 aliphatic carbocycles. The molecule has 0 rings (SSSR count). The Morgan fingerprint density at radius 3 is 0.984 bits per heavy atom. The lowest BCUT2D eigenvalue weighted by atomic mass is 10.0. The largest absolute Gasteiger partial charge is 0.462 e. The van der Waals surface area contributed by atoms with Crippen LogP contribution in [0.15, 0.2) is 48.6 Å². The van der Waals surface area contributed by atoms with Gasteiger partial charge in [0.15, 0.2) is 6.10 Å². The molecule has 6 heteroatoms. The van der Waals surface area contributed by atoms with E-state index in [1.807, 2.05) is 0 Å². The Kier molecular flexibility index (Phi) is 48.8. The van der Waals surface area contributed by atoms with Crippen molar-refractivity contribution in [2.45, 2.75) is 277 Å². The zero-order valence-corrected chi connectivity index (χ0v) is 41.1. The molecule has 0 aliphatic heterocycles. The van der Waals surface area contributed by atoms with Gasteiger partial charge in [-0.3, -0.25) is 14.4 Å². The molecule has 360 valence electrons. The Hall–Kier alpha value is -2.63. The monoisotopic (exact) mass is 869 g/mol. The molecule has 0 bridgehead atoms. The third-order valence-corrected chi connectivity index (χ3v) is 11.6. The number of ether oxygens (including phenoxy) is 3. The third-order valence-electron chi connectivity index (χ3n) is 11.6. The molecule has 0 saturated carbocycles. The molecule has 0 aromatic heterocycles. The fourth-order valence-electron chi connectivity index (χ4n) is 7.61. The van der Waals surface area contributed by atoms with Crippen LogP contribution in [-0.4, -0.2) is 37.2 Å². The second-order valence-electron chi connectivity index (χ2n) is 17.8. The van der Waals surface area contributed by atoms with Crippen molar-refractivity contribution < 1.29 is 28.6 Å². The average Bonchev–Trinajstić information content (AvgIpc) is 3.27. The molecule has 0 heterocycles. The number of allylic oxidation sites excluding steroid dienone is 8. The van der Waals surface area contributed by atoms with Crippen LogP contribution in [0.4, 0.5) is 0 Å². The van der Waals surface area contributed by atoms with E-state index in [2.05, 4.69) is 69.4 Å². The van der Waals surface area contributed by atoms with Gasteiger partial charge in [-0.15, -0.1) is 0 Å². The number of hydrogen-bond acceptors (Lipinski definition) is 6. The lowest BCUT2D eigenvalue weighted by molar-refractivity contribution is -0.167. The molecule has 62 heavy (non-hydrogen) atoms. The van der Waals surface area contributed by atoms with E-state index in [9.17, 15) is 14.4 Å². The van der Waals surface area contributed by atoms with Crippen LogP contribution in [-0.2, 0) is 28.6 Å². The molecule has 6 nitrogen and oxygen atoms in total. The van der Waals surface area contributed by atoms with E-state index < -0.39 is 6.10 Å². The molecule has 1 atom stereocenters. The van der Waals surface area contributed by atoms with Crippen molar-refractivity contribution in [3.05, 3.63) is 48.6 Å². The van der Waals surface area contributed by atoms with Crippen molar-refractivity contribution in [2.24, 2.45) is 0 Å². The Labute approximate surface area is 384 Å². The maximum atomic E-state index is 12.8. The SMILES string of the molecule is CC/C=C\C/C=C\C/C=C\C/C=C\CCCCCCCCC(=O)OCC(COC(=O)CCCCCCCCCCCCCC)OC(=O)CCCCCCCCCCCCCCC. The van der Waals surface area contributed by atoms with Gasteiger partial charge >= 0.3 is 17.9 Å². The molecule has 0 amide bonds. The molecular weight excluding hydrogens is 769 g/mol. The summed E-state index contributed by atoms with van der Waals surface area (Å²) in [5.74, 6) is -0.878. The quantitative estimate of drug-likeness (QED) is 0.0262. The van der Waals surface area contributed by atoms with Crippen LogP contribution in [0, 0.1) is 0 Å². The minimum atomic E-state index is -0.774. The highest BCUT2D eigenvalue weighted by Crippen LogP contribution is 2.16. The molecule has 0 radical (unpaired) electrons. The molecule has 0 spiro atoms. The van der Waals surface area contributed by atoms with E-state index in [0.29, 0.717) is 19.3 Å². The zero-order valence-electron chi connectivity index (χ0n) is 41.1. The third kappa shape index (κ3) is 48.4. The van der Waals surface area contributed by atoms with E-state index in [1.165, 1.54) is 141 Å². The molecular formula is C56H100O6. The molecule has 0 saturated heterocycles. The predicted octanol–water partition coefficient (Wildman–Crippen LogP) is 17.5. The molecule has 0 aliphatic rings. The number of unbranched alkanes of at least 4 members (excludes halogenated alkanes) is 29. The summed E-state index contributed by atoms with van der Waals surface area (Å²) in [7, 11) is 0.